The first kappa shape index (κ1) is 11.7. The zero-order valence-electron chi connectivity index (χ0n) is 9.53. The third kappa shape index (κ3) is 3.06. The molecule has 1 unspecified atom stereocenters. The van der Waals surface area contributed by atoms with E-state index in [1.807, 2.05) is 45.0 Å². The van der Waals surface area contributed by atoms with Crippen molar-refractivity contribution in [2.45, 2.75) is 33.2 Å². The first-order chi connectivity index (χ1) is 7.25. The lowest BCUT2D eigenvalue weighted by atomic mass is 10.2. The highest BCUT2D eigenvalue weighted by Gasteiger charge is 2.06. The summed E-state index contributed by atoms with van der Waals surface area (Å²) in [5.41, 5.74) is 7.38. The lowest BCUT2D eigenvalue weighted by molar-refractivity contribution is 0.507. The summed E-state index contributed by atoms with van der Waals surface area (Å²) in [6, 6.07) is 7.81. The second-order valence-corrected chi connectivity index (χ2v) is 3.26. The highest BCUT2D eigenvalue weighted by atomic mass is 16.3. The van der Waals surface area contributed by atoms with Crippen LogP contribution in [0.2, 0.25) is 0 Å². The van der Waals surface area contributed by atoms with Gasteiger partial charge >= 0.3 is 0 Å². The summed E-state index contributed by atoms with van der Waals surface area (Å²) in [6.07, 6.45) is 0.689. The molecule has 1 heterocycles. The van der Waals surface area contributed by atoms with E-state index in [0.717, 1.165) is 17.0 Å². The van der Waals surface area contributed by atoms with Crippen LogP contribution in [0.3, 0.4) is 0 Å². The van der Waals surface area contributed by atoms with Crippen molar-refractivity contribution in [2.75, 3.05) is 0 Å². The van der Waals surface area contributed by atoms with Crippen LogP contribution < -0.4 is 5.73 Å². The number of nitrogens with two attached hydrogens (primary N) is 1. The van der Waals surface area contributed by atoms with Crippen molar-refractivity contribution >= 4 is 11.1 Å². The predicted molar refractivity (Wildman–Crippen MR) is 62.7 cm³/mol. The summed E-state index contributed by atoms with van der Waals surface area (Å²) in [6.45, 7) is 5.94. The minimum atomic E-state index is 0.0908. The average Bonchev–Trinajstić information content (AvgIpc) is 2.61. The van der Waals surface area contributed by atoms with E-state index < -0.39 is 0 Å². The van der Waals surface area contributed by atoms with Gasteiger partial charge in [0, 0.05) is 12.5 Å². The van der Waals surface area contributed by atoms with E-state index in [1.165, 1.54) is 0 Å². The summed E-state index contributed by atoms with van der Waals surface area (Å²) in [7, 11) is 0. The molecular formula is C12H18N2O. The Morgan fingerprint density at radius 1 is 1.33 bits per heavy atom. The van der Waals surface area contributed by atoms with Crippen molar-refractivity contribution < 1.29 is 4.42 Å². The maximum Gasteiger partial charge on any atom is 0.197 e. The Morgan fingerprint density at radius 3 is 2.60 bits per heavy atom. The predicted octanol–water partition coefficient (Wildman–Crippen LogP) is 2.74. The molecule has 1 aromatic carbocycles. The molecule has 15 heavy (non-hydrogen) atoms. The standard InChI is InChI=1S/C10H12N2O.C2H6/c1-7(11)6-10-12-8-4-2-3-5-9(8)13-10;1-2/h2-5,7H,6,11H2,1H3;1-2H3. The third-order valence-electron chi connectivity index (χ3n) is 1.83. The first-order valence-corrected chi connectivity index (χ1v) is 5.36. The molecule has 3 heteroatoms. The minimum absolute atomic E-state index is 0.0908. The van der Waals surface area contributed by atoms with Gasteiger partial charge in [-0.3, -0.25) is 0 Å². The van der Waals surface area contributed by atoms with Gasteiger partial charge in [0.1, 0.15) is 5.52 Å². The molecule has 0 aliphatic carbocycles. The Balaban J connectivity index is 0.000000531. The highest BCUT2D eigenvalue weighted by Crippen LogP contribution is 2.15. The molecule has 0 fully saturated rings. The quantitative estimate of drug-likeness (QED) is 0.822. The molecule has 0 saturated carbocycles. The second-order valence-electron chi connectivity index (χ2n) is 3.26. The van der Waals surface area contributed by atoms with E-state index in [2.05, 4.69) is 4.98 Å². The average molecular weight is 206 g/mol. The van der Waals surface area contributed by atoms with Crippen molar-refractivity contribution in [1.29, 1.82) is 0 Å². The third-order valence-corrected chi connectivity index (χ3v) is 1.83. The number of rotatable bonds is 2. The fourth-order valence-corrected chi connectivity index (χ4v) is 1.28. The molecule has 2 N–H and O–H groups in total. The van der Waals surface area contributed by atoms with Gasteiger partial charge in [-0.05, 0) is 19.1 Å². The Labute approximate surface area is 90.3 Å². The summed E-state index contributed by atoms with van der Waals surface area (Å²) >= 11 is 0. The van der Waals surface area contributed by atoms with E-state index in [4.69, 9.17) is 10.2 Å². The maximum atomic E-state index is 5.65. The molecular weight excluding hydrogens is 188 g/mol. The van der Waals surface area contributed by atoms with E-state index in [-0.39, 0.29) is 6.04 Å². The minimum Gasteiger partial charge on any atom is -0.441 e. The largest absolute Gasteiger partial charge is 0.441 e. The normalized spacial score (nSPS) is 12.0. The van der Waals surface area contributed by atoms with Crippen molar-refractivity contribution in [3.63, 3.8) is 0 Å². The Bertz CT molecular complexity index is 374. The highest BCUT2D eigenvalue weighted by molar-refractivity contribution is 5.72. The van der Waals surface area contributed by atoms with Crippen LogP contribution in [0.15, 0.2) is 28.7 Å². The molecule has 2 aromatic rings. The van der Waals surface area contributed by atoms with Gasteiger partial charge in [-0.2, -0.15) is 0 Å². The van der Waals surface area contributed by atoms with Crippen LogP contribution in [-0.4, -0.2) is 11.0 Å². The Kier molecular flexibility index (Phi) is 4.31. The van der Waals surface area contributed by atoms with Crippen LogP contribution in [0.4, 0.5) is 0 Å². The van der Waals surface area contributed by atoms with Gasteiger partial charge in [0.15, 0.2) is 11.5 Å². The topological polar surface area (TPSA) is 52.0 Å². The van der Waals surface area contributed by atoms with E-state index >= 15 is 0 Å². The molecule has 0 aliphatic heterocycles. The SMILES string of the molecule is CC.CC(N)Cc1nc2ccccc2o1. The number of nitrogens with zero attached hydrogens (tertiary/aromatic N) is 1. The number of aromatic nitrogens is 1. The first-order valence-electron chi connectivity index (χ1n) is 5.36. The Morgan fingerprint density at radius 2 is 2.00 bits per heavy atom. The van der Waals surface area contributed by atoms with Crippen molar-refractivity contribution in [3.05, 3.63) is 30.2 Å². The zero-order valence-corrected chi connectivity index (χ0v) is 9.53. The van der Waals surface area contributed by atoms with Gasteiger partial charge in [-0.1, -0.05) is 26.0 Å². The maximum absolute atomic E-state index is 5.65. The fraction of sp³-hybridized carbons (Fsp3) is 0.417. The molecule has 0 amide bonds. The summed E-state index contributed by atoms with van der Waals surface area (Å²) in [5.74, 6) is 0.719. The number of para-hydroxylation sites is 2. The van der Waals surface area contributed by atoms with Crippen LogP contribution in [0.1, 0.15) is 26.7 Å². The lowest BCUT2D eigenvalue weighted by Gasteiger charge is -1.97. The van der Waals surface area contributed by atoms with Crippen LogP contribution in [0.5, 0.6) is 0 Å². The van der Waals surface area contributed by atoms with E-state index in [1.54, 1.807) is 0 Å². The van der Waals surface area contributed by atoms with Gasteiger partial charge in [0.2, 0.25) is 0 Å². The van der Waals surface area contributed by atoms with Crippen LogP contribution >= 0.6 is 0 Å². The Hall–Kier alpha value is -1.35. The molecule has 0 radical (unpaired) electrons. The van der Waals surface area contributed by atoms with Crippen molar-refractivity contribution in [1.82, 2.24) is 4.98 Å². The summed E-state index contributed by atoms with van der Waals surface area (Å²) < 4.78 is 5.49. The summed E-state index contributed by atoms with van der Waals surface area (Å²) in [5, 5.41) is 0. The molecule has 3 nitrogen and oxygen atoms in total. The molecule has 0 aliphatic rings. The van der Waals surface area contributed by atoms with E-state index in [9.17, 15) is 0 Å². The van der Waals surface area contributed by atoms with Crippen molar-refractivity contribution in [2.24, 2.45) is 5.73 Å². The number of benzene rings is 1. The molecule has 0 bridgehead atoms. The second kappa shape index (κ2) is 5.51. The van der Waals surface area contributed by atoms with Gasteiger partial charge in [0.05, 0.1) is 0 Å². The van der Waals surface area contributed by atoms with Crippen molar-refractivity contribution in [3.8, 4) is 0 Å². The number of fused-ring (bicyclic) bond motifs is 1. The molecule has 1 atom stereocenters. The molecule has 1 aromatic heterocycles. The number of hydrogen-bond donors (Lipinski definition) is 1. The van der Waals surface area contributed by atoms with Gasteiger partial charge in [0.25, 0.3) is 0 Å². The lowest BCUT2D eigenvalue weighted by Crippen LogP contribution is -2.17. The van der Waals surface area contributed by atoms with Crippen LogP contribution in [0.25, 0.3) is 11.1 Å². The van der Waals surface area contributed by atoms with Crippen LogP contribution in [0, 0.1) is 0 Å². The molecule has 82 valence electrons. The van der Waals surface area contributed by atoms with Gasteiger partial charge < -0.3 is 10.2 Å². The monoisotopic (exact) mass is 206 g/mol. The molecule has 0 spiro atoms. The van der Waals surface area contributed by atoms with Crippen LogP contribution in [-0.2, 0) is 6.42 Å². The number of hydrogen-bond acceptors (Lipinski definition) is 3. The summed E-state index contributed by atoms with van der Waals surface area (Å²) in [4.78, 5) is 4.31. The zero-order chi connectivity index (χ0) is 11.3. The van der Waals surface area contributed by atoms with Gasteiger partial charge in [-0.25, -0.2) is 4.98 Å². The smallest absolute Gasteiger partial charge is 0.197 e. The molecule has 0 saturated heterocycles. The van der Waals surface area contributed by atoms with Gasteiger partial charge in [-0.15, -0.1) is 0 Å². The van der Waals surface area contributed by atoms with E-state index in [0.29, 0.717) is 6.42 Å². The fourth-order valence-electron chi connectivity index (χ4n) is 1.28. The molecule has 2 rings (SSSR count). The number of oxazole rings is 1.